The van der Waals surface area contributed by atoms with Gasteiger partial charge in [-0.05, 0) is 37.2 Å². The average molecular weight is 714 g/mol. The molecule has 1 aromatic carbocycles. The number of nitrogens with zero attached hydrogens (tertiary/aromatic N) is 3. The van der Waals surface area contributed by atoms with Gasteiger partial charge in [0.1, 0.15) is 24.2 Å². The molecule has 1 heterocycles. The molecule has 0 spiro atoms. The molecule has 0 unspecified atom stereocenters. The summed E-state index contributed by atoms with van der Waals surface area (Å²) in [5.41, 5.74) is 28.7. The lowest BCUT2D eigenvalue weighted by molar-refractivity contribution is -0.142. The van der Waals surface area contributed by atoms with Crippen molar-refractivity contribution in [1.82, 2.24) is 31.2 Å². The number of rotatable bonds is 22. The summed E-state index contributed by atoms with van der Waals surface area (Å²) < 4.78 is 0. The Kier molecular flexibility index (Phi) is 17.4. The zero-order chi connectivity index (χ0) is 37.9. The number of benzene rings is 1. The van der Waals surface area contributed by atoms with E-state index in [9.17, 15) is 29.1 Å². The SMILES string of the molecule is CC(C)[C@H](NC(=O)[C@H](CCCN=C(N)N)NC(=O)[C@@H](N)CCCN=C(N)N)C(=O)N[C@@H](Cc1cnc[nH]1)C(=O)N[C@@H](Cc1ccccc1)C(=O)O. The second-order valence-electron chi connectivity index (χ2n) is 12.2. The molecule has 0 saturated carbocycles. The third kappa shape index (κ3) is 15.6. The first-order valence-corrected chi connectivity index (χ1v) is 16.5. The number of amides is 4. The topological polar surface area (TPSA) is 337 Å². The van der Waals surface area contributed by atoms with Gasteiger partial charge in [0, 0.05) is 37.8 Å². The van der Waals surface area contributed by atoms with Crippen molar-refractivity contribution in [2.75, 3.05) is 13.1 Å². The maximum atomic E-state index is 13.7. The number of carboxylic acid groups (broad SMARTS) is 1. The first kappa shape index (κ1) is 41.5. The van der Waals surface area contributed by atoms with Gasteiger partial charge in [-0.15, -0.1) is 0 Å². The molecule has 19 nitrogen and oxygen atoms in total. The maximum absolute atomic E-state index is 13.7. The number of aromatic amines is 1. The molecular weight excluding hydrogens is 662 g/mol. The molecule has 16 N–H and O–H groups in total. The Morgan fingerprint density at radius 2 is 1.33 bits per heavy atom. The summed E-state index contributed by atoms with van der Waals surface area (Å²) in [6.07, 6.45) is 3.86. The second kappa shape index (κ2) is 21.4. The number of hydrogen-bond donors (Lipinski definition) is 11. The highest BCUT2D eigenvalue weighted by Gasteiger charge is 2.33. The van der Waals surface area contributed by atoms with Crippen LogP contribution in [-0.2, 0) is 36.8 Å². The number of nitrogens with two attached hydrogens (primary N) is 5. The highest BCUT2D eigenvalue weighted by atomic mass is 16.4. The van der Waals surface area contributed by atoms with E-state index in [1.807, 2.05) is 0 Å². The number of imidazole rings is 1. The molecule has 2 rings (SSSR count). The van der Waals surface area contributed by atoms with Crippen molar-refractivity contribution in [3.8, 4) is 0 Å². The Morgan fingerprint density at radius 3 is 1.88 bits per heavy atom. The Bertz CT molecular complexity index is 1480. The quantitative estimate of drug-likeness (QED) is 0.0338. The van der Waals surface area contributed by atoms with Gasteiger partial charge in [0.15, 0.2) is 11.9 Å². The van der Waals surface area contributed by atoms with Crippen LogP contribution in [0.15, 0.2) is 52.8 Å². The largest absolute Gasteiger partial charge is 0.480 e. The summed E-state index contributed by atoms with van der Waals surface area (Å²) in [6, 6.07) is 2.96. The summed E-state index contributed by atoms with van der Waals surface area (Å²) in [4.78, 5) is 80.5. The van der Waals surface area contributed by atoms with Crippen molar-refractivity contribution >= 4 is 41.5 Å². The van der Waals surface area contributed by atoms with E-state index in [-0.39, 0.29) is 50.7 Å². The van der Waals surface area contributed by atoms with Crippen LogP contribution in [0.25, 0.3) is 0 Å². The lowest BCUT2D eigenvalue weighted by atomic mass is 10.0. The second-order valence-corrected chi connectivity index (χ2v) is 12.2. The van der Waals surface area contributed by atoms with E-state index in [1.165, 1.54) is 12.5 Å². The number of nitrogens with one attached hydrogen (secondary N) is 5. The van der Waals surface area contributed by atoms with Crippen molar-refractivity contribution in [3.63, 3.8) is 0 Å². The normalized spacial score (nSPS) is 13.8. The maximum Gasteiger partial charge on any atom is 0.326 e. The monoisotopic (exact) mass is 713 g/mol. The van der Waals surface area contributed by atoms with Crippen LogP contribution in [-0.4, -0.2) is 99.9 Å². The molecule has 0 aliphatic rings. The fraction of sp³-hybridized carbons (Fsp3) is 0.500. The highest BCUT2D eigenvalue weighted by molar-refractivity contribution is 5.95. The molecule has 2 aromatic rings. The van der Waals surface area contributed by atoms with Crippen LogP contribution in [0.3, 0.4) is 0 Å². The van der Waals surface area contributed by atoms with Crippen LogP contribution in [0.2, 0.25) is 0 Å². The lowest BCUT2D eigenvalue weighted by Gasteiger charge is -2.28. The number of hydrogen-bond acceptors (Lipinski definition) is 9. The van der Waals surface area contributed by atoms with E-state index in [1.54, 1.807) is 44.2 Å². The molecule has 1 aromatic heterocycles. The van der Waals surface area contributed by atoms with Crippen LogP contribution in [0.4, 0.5) is 0 Å². The summed E-state index contributed by atoms with van der Waals surface area (Å²) in [5, 5.41) is 20.4. The molecule has 51 heavy (non-hydrogen) atoms. The third-order valence-corrected chi connectivity index (χ3v) is 7.64. The molecule has 0 fully saturated rings. The van der Waals surface area contributed by atoms with Gasteiger partial charge in [-0.25, -0.2) is 9.78 Å². The summed E-state index contributed by atoms with van der Waals surface area (Å²) >= 11 is 0. The first-order valence-electron chi connectivity index (χ1n) is 16.5. The van der Waals surface area contributed by atoms with Gasteiger partial charge in [-0.1, -0.05) is 44.2 Å². The number of carboxylic acids is 1. The molecule has 19 heteroatoms. The van der Waals surface area contributed by atoms with Gasteiger partial charge >= 0.3 is 5.97 Å². The molecule has 280 valence electrons. The zero-order valence-electron chi connectivity index (χ0n) is 28.9. The lowest BCUT2D eigenvalue weighted by Crippen LogP contribution is -2.60. The minimum Gasteiger partial charge on any atom is -0.480 e. The molecule has 0 radical (unpaired) electrons. The Hall–Kier alpha value is -5.72. The predicted molar refractivity (Wildman–Crippen MR) is 190 cm³/mol. The standard InChI is InChI=1S/C32H51N13O6/c1-18(2)25(45-27(47)22(11-7-13-40-32(36)37)42-26(46)21(33)10-6-12-39-31(34)35)29(49)43-23(15-20-16-38-17-41-20)28(48)44-24(30(50)51)14-19-8-4-3-5-9-19/h3-5,8-9,16-18,21-25H,6-7,10-15,33H2,1-2H3,(H,38,41)(H,42,46)(H,43,49)(H,44,48)(H,45,47)(H,50,51)(H4,34,35,39)(H4,36,37,40)/t21-,22-,23-,24-,25-/m0/s1. The molecular formula is C32H51N13O6. The van der Waals surface area contributed by atoms with Crippen LogP contribution in [0.1, 0.15) is 50.8 Å². The van der Waals surface area contributed by atoms with Gasteiger partial charge in [0.25, 0.3) is 0 Å². The fourth-order valence-electron chi connectivity index (χ4n) is 4.90. The number of aromatic nitrogens is 2. The number of carbonyl (C=O) groups excluding carboxylic acids is 4. The van der Waals surface area contributed by atoms with E-state index in [0.717, 1.165) is 0 Å². The number of carbonyl (C=O) groups is 5. The molecule has 4 amide bonds. The summed E-state index contributed by atoms with van der Waals surface area (Å²) in [7, 11) is 0. The molecule has 0 bridgehead atoms. The van der Waals surface area contributed by atoms with Crippen LogP contribution < -0.4 is 49.9 Å². The van der Waals surface area contributed by atoms with Crippen molar-refractivity contribution in [2.24, 2.45) is 44.6 Å². The van der Waals surface area contributed by atoms with Gasteiger partial charge in [-0.3, -0.25) is 29.2 Å². The Balaban J connectivity index is 2.22. The molecule has 0 aliphatic carbocycles. The van der Waals surface area contributed by atoms with Gasteiger partial charge < -0.3 is 60.0 Å². The van der Waals surface area contributed by atoms with Gasteiger partial charge in [-0.2, -0.15) is 0 Å². The number of aliphatic carboxylic acids is 1. The average Bonchev–Trinajstić information content (AvgIpc) is 3.59. The first-order chi connectivity index (χ1) is 24.2. The van der Waals surface area contributed by atoms with E-state index in [0.29, 0.717) is 24.1 Å². The highest BCUT2D eigenvalue weighted by Crippen LogP contribution is 2.09. The Morgan fingerprint density at radius 1 is 0.765 bits per heavy atom. The van der Waals surface area contributed by atoms with Crippen LogP contribution in [0, 0.1) is 5.92 Å². The third-order valence-electron chi connectivity index (χ3n) is 7.64. The van der Waals surface area contributed by atoms with Gasteiger partial charge in [0.05, 0.1) is 12.4 Å². The van der Waals surface area contributed by atoms with Crippen molar-refractivity contribution in [2.45, 2.75) is 82.6 Å². The minimum absolute atomic E-state index is 0.00747. The molecule has 5 atom stereocenters. The fourth-order valence-corrected chi connectivity index (χ4v) is 4.90. The molecule has 0 saturated heterocycles. The number of guanidine groups is 2. The number of aliphatic imine (C=N–C) groups is 2. The van der Waals surface area contributed by atoms with Crippen LogP contribution in [0.5, 0.6) is 0 Å². The summed E-state index contributed by atoms with van der Waals surface area (Å²) in [5.74, 6) is -4.72. The van der Waals surface area contributed by atoms with Crippen molar-refractivity contribution < 1.29 is 29.1 Å². The van der Waals surface area contributed by atoms with E-state index < -0.39 is 65.7 Å². The predicted octanol–water partition coefficient (Wildman–Crippen LogP) is -2.69. The summed E-state index contributed by atoms with van der Waals surface area (Å²) in [6.45, 7) is 3.81. The van der Waals surface area contributed by atoms with Gasteiger partial charge in [0.2, 0.25) is 23.6 Å². The van der Waals surface area contributed by atoms with Crippen molar-refractivity contribution in [1.29, 1.82) is 0 Å². The minimum atomic E-state index is -1.29. The molecule has 0 aliphatic heterocycles. The number of H-pyrrole nitrogens is 1. The van der Waals surface area contributed by atoms with E-state index >= 15 is 0 Å². The van der Waals surface area contributed by atoms with Crippen LogP contribution >= 0.6 is 0 Å². The van der Waals surface area contributed by atoms with E-state index in [2.05, 4.69) is 41.2 Å². The zero-order valence-corrected chi connectivity index (χ0v) is 28.9. The van der Waals surface area contributed by atoms with E-state index in [4.69, 9.17) is 28.7 Å². The smallest absolute Gasteiger partial charge is 0.326 e. The van der Waals surface area contributed by atoms with Crippen molar-refractivity contribution in [3.05, 3.63) is 54.1 Å². The Labute approximate surface area is 296 Å².